The highest BCUT2D eigenvalue weighted by Crippen LogP contribution is 2.15. The van der Waals surface area contributed by atoms with Crippen LogP contribution in [-0.2, 0) is 0 Å². The van der Waals surface area contributed by atoms with Crippen molar-refractivity contribution in [1.29, 1.82) is 0 Å². The smallest absolute Gasteiger partial charge is 0.127 e. The van der Waals surface area contributed by atoms with Crippen molar-refractivity contribution in [3.05, 3.63) is 0 Å². The minimum absolute atomic E-state index is 0.618. The van der Waals surface area contributed by atoms with E-state index in [1.165, 1.54) is 6.92 Å². The molecular weight excluding hydrogens is 158 g/mol. The van der Waals surface area contributed by atoms with Gasteiger partial charge >= 0.3 is 0 Å². The van der Waals surface area contributed by atoms with Gasteiger partial charge in [0.2, 0.25) is 0 Å². The number of rotatable bonds is 3. The summed E-state index contributed by atoms with van der Waals surface area (Å²) in [5, 5.41) is 17.7. The lowest BCUT2D eigenvalue weighted by atomic mass is 10.2. The Morgan fingerprint density at radius 1 is 1.56 bits per heavy atom. The first-order valence-corrected chi connectivity index (χ1v) is 4.44. The van der Waals surface area contributed by atoms with Crippen molar-refractivity contribution in [2.24, 2.45) is 5.73 Å². The van der Waals surface area contributed by atoms with Gasteiger partial charge in [-0.15, -0.1) is 11.7 Å². The van der Waals surface area contributed by atoms with E-state index in [9.17, 15) is 0 Å². The summed E-state index contributed by atoms with van der Waals surface area (Å²) < 4.78 is 0. The van der Waals surface area contributed by atoms with Crippen LogP contribution in [0, 0.1) is 0 Å². The number of thiol groups is 1. The topological polar surface area (TPSA) is 66.5 Å². The van der Waals surface area contributed by atoms with Crippen LogP contribution < -0.4 is 5.73 Å². The molecule has 3 atom stereocenters. The summed E-state index contributed by atoms with van der Waals surface area (Å²) in [5.74, 6) is 0. The van der Waals surface area contributed by atoms with Crippen molar-refractivity contribution >= 4 is 22.5 Å². The van der Waals surface area contributed by atoms with Crippen molar-refractivity contribution in [1.82, 2.24) is 0 Å². The predicted octanol–water partition coefficient (Wildman–Crippen LogP) is -0.409. The van der Waals surface area contributed by atoms with E-state index >= 15 is 0 Å². The van der Waals surface area contributed by atoms with E-state index in [0.717, 1.165) is 10.8 Å². The predicted molar refractivity (Wildman–Crippen MR) is 42.2 cm³/mol. The summed E-state index contributed by atoms with van der Waals surface area (Å²) in [5.41, 5.74) is 4.50. The SMILES string of the molecule is C[C@@H](O)[C@H](N)C(O)SS. The van der Waals surface area contributed by atoms with Crippen molar-refractivity contribution < 1.29 is 10.2 Å². The summed E-state index contributed by atoms with van der Waals surface area (Å²) in [6.07, 6.45) is -0.695. The lowest BCUT2D eigenvalue weighted by Crippen LogP contribution is -2.41. The highest BCUT2D eigenvalue weighted by molar-refractivity contribution is 8.68. The molecule has 0 rings (SSSR count). The Labute approximate surface area is 63.4 Å². The van der Waals surface area contributed by atoms with Crippen LogP contribution in [0.4, 0.5) is 0 Å². The van der Waals surface area contributed by atoms with Crippen LogP contribution in [0.3, 0.4) is 0 Å². The molecule has 0 saturated carbocycles. The third-order valence-corrected chi connectivity index (χ3v) is 2.17. The number of hydrogen-bond donors (Lipinski definition) is 4. The van der Waals surface area contributed by atoms with Gasteiger partial charge in [0.15, 0.2) is 0 Å². The number of aliphatic hydroxyl groups is 2. The van der Waals surface area contributed by atoms with Gasteiger partial charge in [-0.2, -0.15) is 0 Å². The van der Waals surface area contributed by atoms with Crippen molar-refractivity contribution in [2.75, 3.05) is 0 Å². The molecule has 56 valence electrons. The normalized spacial score (nSPS) is 21.0. The van der Waals surface area contributed by atoms with E-state index in [1.807, 2.05) is 0 Å². The van der Waals surface area contributed by atoms with Crippen LogP contribution in [0.2, 0.25) is 0 Å². The molecule has 9 heavy (non-hydrogen) atoms. The monoisotopic (exact) mass is 169 g/mol. The second-order valence-electron chi connectivity index (χ2n) is 1.81. The quantitative estimate of drug-likeness (QED) is 0.263. The van der Waals surface area contributed by atoms with E-state index in [4.69, 9.17) is 15.9 Å². The molecule has 0 aromatic rings. The molecule has 0 amide bonds. The molecule has 0 aliphatic carbocycles. The van der Waals surface area contributed by atoms with Gasteiger partial charge in [-0.1, -0.05) is 10.8 Å². The standard InChI is InChI=1S/C4H11NO2S2/c1-2(6)3(5)4(7)9-8/h2-4,6-8H,5H2,1H3/t2-,3+,4?/m1/s1. The lowest BCUT2D eigenvalue weighted by Gasteiger charge is -2.18. The van der Waals surface area contributed by atoms with Crippen LogP contribution >= 0.6 is 22.5 Å². The van der Waals surface area contributed by atoms with Crippen LogP contribution in [0.15, 0.2) is 0 Å². The highest BCUT2D eigenvalue weighted by atomic mass is 33.1. The third-order valence-electron chi connectivity index (χ3n) is 0.994. The van der Waals surface area contributed by atoms with Gasteiger partial charge in [0, 0.05) is 0 Å². The third kappa shape index (κ3) is 3.32. The fourth-order valence-corrected chi connectivity index (χ4v) is 1.10. The maximum absolute atomic E-state index is 8.90. The second-order valence-corrected chi connectivity index (χ2v) is 3.14. The molecule has 0 aliphatic rings. The Kier molecular flexibility index (Phi) is 4.69. The zero-order valence-electron chi connectivity index (χ0n) is 5.06. The van der Waals surface area contributed by atoms with Gasteiger partial charge in [0.25, 0.3) is 0 Å². The van der Waals surface area contributed by atoms with Gasteiger partial charge in [-0.05, 0) is 6.92 Å². The van der Waals surface area contributed by atoms with Gasteiger partial charge in [-0.25, -0.2) is 0 Å². The first kappa shape index (κ1) is 9.58. The summed E-state index contributed by atoms with van der Waals surface area (Å²) in [6.45, 7) is 1.53. The molecule has 0 saturated heterocycles. The Balaban J connectivity index is 3.58. The molecule has 5 heteroatoms. The minimum Gasteiger partial charge on any atom is -0.392 e. The molecule has 0 heterocycles. The van der Waals surface area contributed by atoms with Crippen molar-refractivity contribution in [3.63, 3.8) is 0 Å². The zero-order valence-corrected chi connectivity index (χ0v) is 6.77. The maximum atomic E-state index is 8.90. The summed E-state index contributed by atoms with van der Waals surface area (Å²) in [4.78, 5) is 0. The Morgan fingerprint density at radius 2 is 2.00 bits per heavy atom. The van der Waals surface area contributed by atoms with Crippen LogP contribution in [0.1, 0.15) is 6.92 Å². The fourth-order valence-electron chi connectivity index (χ4n) is 0.309. The van der Waals surface area contributed by atoms with Crippen molar-refractivity contribution in [2.45, 2.75) is 24.5 Å². The largest absolute Gasteiger partial charge is 0.392 e. The van der Waals surface area contributed by atoms with Gasteiger partial charge in [0.05, 0.1) is 12.1 Å². The first-order chi connectivity index (χ1) is 4.09. The Bertz CT molecular complexity index is 81.0. The molecule has 0 aromatic carbocycles. The molecule has 4 N–H and O–H groups in total. The van der Waals surface area contributed by atoms with Gasteiger partial charge in [0.1, 0.15) is 5.44 Å². The van der Waals surface area contributed by atoms with Crippen LogP contribution in [-0.4, -0.2) is 27.8 Å². The molecular formula is C4H11NO2S2. The summed E-state index contributed by atoms with van der Waals surface area (Å²) in [7, 11) is 0.926. The average molecular weight is 169 g/mol. The van der Waals surface area contributed by atoms with Gasteiger partial charge < -0.3 is 15.9 Å². The fraction of sp³-hybridized carbons (Fsp3) is 1.00. The molecule has 0 aliphatic heterocycles. The maximum Gasteiger partial charge on any atom is 0.127 e. The molecule has 0 fully saturated rings. The Morgan fingerprint density at radius 3 is 2.11 bits per heavy atom. The molecule has 0 spiro atoms. The van der Waals surface area contributed by atoms with Crippen LogP contribution in [0.25, 0.3) is 0 Å². The summed E-state index contributed by atoms with van der Waals surface area (Å²) >= 11 is 3.72. The molecule has 0 aromatic heterocycles. The second kappa shape index (κ2) is 4.40. The number of hydrogen-bond acceptors (Lipinski definition) is 5. The van der Waals surface area contributed by atoms with E-state index in [-0.39, 0.29) is 0 Å². The Hall–Kier alpha value is 0.580. The number of nitrogens with two attached hydrogens (primary N) is 1. The van der Waals surface area contributed by atoms with Crippen LogP contribution in [0.5, 0.6) is 0 Å². The summed E-state index contributed by atoms with van der Waals surface area (Å²) in [6, 6.07) is -0.618. The molecule has 0 radical (unpaired) electrons. The van der Waals surface area contributed by atoms with E-state index < -0.39 is 17.6 Å². The van der Waals surface area contributed by atoms with E-state index in [1.54, 1.807) is 0 Å². The molecule has 0 bridgehead atoms. The molecule has 1 unspecified atom stereocenters. The lowest BCUT2D eigenvalue weighted by molar-refractivity contribution is 0.110. The first-order valence-electron chi connectivity index (χ1n) is 2.51. The molecule has 3 nitrogen and oxygen atoms in total. The van der Waals surface area contributed by atoms with E-state index in [0.29, 0.717) is 0 Å². The average Bonchev–Trinajstić information content (AvgIpc) is 1.84. The highest BCUT2D eigenvalue weighted by Gasteiger charge is 2.18. The van der Waals surface area contributed by atoms with Crippen molar-refractivity contribution in [3.8, 4) is 0 Å². The zero-order chi connectivity index (χ0) is 7.44. The van der Waals surface area contributed by atoms with Gasteiger partial charge in [-0.3, -0.25) is 0 Å². The minimum atomic E-state index is -0.798. The number of aliphatic hydroxyl groups excluding tert-OH is 2. The van der Waals surface area contributed by atoms with E-state index in [2.05, 4.69) is 11.7 Å².